The number of nitrogens with one attached hydrogen (secondary N) is 1. The van der Waals surface area contributed by atoms with Gasteiger partial charge in [-0.25, -0.2) is 0 Å². The van der Waals surface area contributed by atoms with Gasteiger partial charge in [-0.05, 0) is 67.3 Å². The maximum atomic E-state index is 12.2. The average Bonchev–Trinajstić information content (AvgIpc) is 3.28. The van der Waals surface area contributed by atoms with Crippen LogP contribution < -0.4 is 4.74 Å². The molecule has 4 rings (SSSR count). The van der Waals surface area contributed by atoms with Crippen molar-refractivity contribution in [1.29, 1.82) is 0 Å². The second-order valence-corrected chi connectivity index (χ2v) is 8.86. The van der Waals surface area contributed by atoms with E-state index in [0.29, 0.717) is 28.8 Å². The molecular formula is C31H29ClN2O2. The average molecular weight is 497 g/mol. The number of ether oxygens (including phenoxy) is 1. The summed E-state index contributed by atoms with van der Waals surface area (Å²) in [5, 5.41) is 0.621. The Hall–Kier alpha value is -3.89. The zero-order valence-electron chi connectivity index (χ0n) is 20.9. The fourth-order valence-corrected chi connectivity index (χ4v) is 4.29. The Kier molecular flexibility index (Phi) is 7.87. The number of H-pyrrole nitrogens is 1. The summed E-state index contributed by atoms with van der Waals surface area (Å²) >= 11 is 6.65. The van der Waals surface area contributed by atoms with Crippen molar-refractivity contribution < 1.29 is 9.53 Å². The summed E-state index contributed by atoms with van der Waals surface area (Å²) in [5.74, 6) is 0.641. The van der Waals surface area contributed by atoms with Crippen molar-refractivity contribution in [3.63, 3.8) is 0 Å². The molecule has 3 aromatic carbocycles. The third-order valence-corrected chi connectivity index (χ3v) is 6.33. The molecule has 36 heavy (non-hydrogen) atoms. The summed E-state index contributed by atoms with van der Waals surface area (Å²) in [4.78, 5) is 20.0. The topological polar surface area (TPSA) is 55.0 Å². The van der Waals surface area contributed by atoms with Crippen molar-refractivity contribution in [2.45, 2.75) is 34.1 Å². The van der Waals surface area contributed by atoms with E-state index in [0.717, 1.165) is 38.9 Å². The largest absolute Gasteiger partial charge is 0.426 e. The van der Waals surface area contributed by atoms with Crippen molar-refractivity contribution in [3.05, 3.63) is 107 Å². The van der Waals surface area contributed by atoms with Crippen molar-refractivity contribution in [3.8, 4) is 22.9 Å². The Morgan fingerprint density at radius 2 is 1.83 bits per heavy atom. The number of Topliss-reactive ketones (excluding diaryl/α,β-unsaturated/α-hetero) is 1. The summed E-state index contributed by atoms with van der Waals surface area (Å²) in [6.07, 6.45) is 10.7. The minimum atomic E-state index is 0.0837. The number of imidazole rings is 1. The zero-order valence-corrected chi connectivity index (χ0v) is 21.7. The van der Waals surface area contributed by atoms with Gasteiger partial charge in [0.15, 0.2) is 5.78 Å². The van der Waals surface area contributed by atoms with E-state index in [1.54, 1.807) is 6.07 Å². The lowest BCUT2D eigenvalue weighted by molar-refractivity contribution is 0.0987. The Morgan fingerprint density at radius 1 is 1.06 bits per heavy atom. The molecule has 0 unspecified atom stereocenters. The molecule has 5 heteroatoms. The number of aryl methyl sites for hydroxylation is 1. The molecule has 0 aliphatic heterocycles. The molecule has 0 aliphatic carbocycles. The SMILES string of the molecule is CC=CC=CC(=CC)c1ccc(-c2cc3nc(Oc4ccc(C)c(C(=O)CC)c4)[nH]c3cc2Cl)cc1. The molecule has 0 spiro atoms. The number of aromatic nitrogens is 2. The summed E-state index contributed by atoms with van der Waals surface area (Å²) in [6, 6.07) is 18.0. The van der Waals surface area contributed by atoms with Gasteiger partial charge in [0, 0.05) is 17.5 Å². The van der Waals surface area contributed by atoms with E-state index in [9.17, 15) is 4.79 Å². The van der Waals surface area contributed by atoms with E-state index in [2.05, 4.69) is 46.4 Å². The van der Waals surface area contributed by atoms with Crippen molar-refractivity contribution in [2.75, 3.05) is 0 Å². The highest BCUT2D eigenvalue weighted by atomic mass is 35.5. The molecule has 0 radical (unpaired) electrons. The fraction of sp³-hybridized carbons (Fsp3) is 0.161. The number of aromatic amines is 1. The normalized spacial score (nSPS) is 12.2. The van der Waals surface area contributed by atoms with Crippen molar-refractivity contribution >= 4 is 34.0 Å². The highest BCUT2D eigenvalue weighted by molar-refractivity contribution is 6.34. The lowest BCUT2D eigenvalue weighted by Crippen LogP contribution is -2.00. The second kappa shape index (κ2) is 11.2. The van der Waals surface area contributed by atoms with Crippen LogP contribution in [-0.2, 0) is 0 Å². The molecule has 0 bridgehead atoms. The van der Waals surface area contributed by atoms with Gasteiger partial charge >= 0.3 is 0 Å². The predicted molar refractivity (Wildman–Crippen MR) is 150 cm³/mol. The maximum absolute atomic E-state index is 12.2. The number of ketones is 1. The van der Waals surface area contributed by atoms with Crippen LogP contribution in [0.1, 0.15) is 48.7 Å². The number of allylic oxidation sites excluding steroid dienone is 6. The molecule has 1 aromatic heterocycles. The van der Waals surface area contributed by atoms with Crippen molar-refractivity contribution in [2.24, 2.45) is 0 Å². The molecule has 0 saturated carbocycles. The molecule has 1 N–H and O–H groups in total. The van der Waals surface area contributed by atoms with Gasteiger partial charge in [-0.2, -0.15) is 4.98 Å². The second-order valence-electron chi connectivity index (χ2n) is 8.45. The van der Waals surface area contributed by atoms with Crippen LogP contribution in [0, 0.1) is 6.92 Å². The molecule has 0 fully saturated rings. The third-order valence-electron chi connectivity index (χ3n) is 6.01. The zero-order chi connectivity index (χ0) is 25.7. The van der Waals surface area contributed by atoms with E-state index < -0.39 is 0 Å². The first kappa shape index (κ1) is 25.2. The summed E-state index contributed by atoms with van der Waals surface area (Å²) in [5.41, 5.74) is 7.29. The first-order valence-electron chi connectivity index (χ1n) is 12.0. The van der Waals surface area contributed by atoms with E-state index in [1.165, 1.54) is 0 Å². The maximum Gasteiger partial charge on any atom is 0.300 e. The Labute approximate surface area is 217 Å². The minimum Gasteiger partial charge on any atom is -0.426 e. The number of carbonyl (C=O) groups excluding carboxylic acids is 1. The van der Waals surface area contributed by atoms with Crippen LogP contribution in [0.2, 0.25) is 5.02 Å². The molecule has 182 valence electrons. The van der Waals surface area contributed by atoms with Gasteiger partial charge in [0.05, 0.1) is 16.1 Å². The molecule has 0 saturated heterocycles. The first-order chi connectivity index (χ1) is 17.4. The van der Waals surface area contributed by atoms with Crippen LogP contribution in [0.15, 0.2) is 85.0 Å². The molecule has 0 amide bonds. The Bertz CT molecular complexity index is 1490. The molecule has 4 aromatic rings. The monoisotopic (exact) mass is 496 g/mol. The third kappa shape index (κ3) is 5.50. The minimum absolute atomic E-state index is 0.0837. The number of nitrogens with zero attached hydrogens (tertiary/aromatic N) is 1. The number of carbonyl (C=O) groups is 1. The van der Waals surface area contributed by atoms with Gasteiger partial charge in [-0.1, -0.05) is 79.2 Å². The Morgan fingerprint density at radius 3 is 2.53 bits per heavy atom. The van der Waals surface area contributed by atoms with E-state index in [1.807, 2.05) is 70.2 Å². The van der Waals surface area contributed by atoms with Crippen LogP contribution in [0.4, 0.5) is 0 Å². The Balaban J connectivity index is 1.61. The highest BCUT2D eigenvalue weighted by Gasteiger charge is 2.13. The summed E-state index contributed by atoms with van der Waals surface area (Å²) < 4.78 is 5.95. The quantitative estimate of drug-likeness (QED) is 0.195. The van der Waals surface area contributed by atoms with Crippen LogP contribution >= 0.6 is 11.6 Å². The highest BCUT2D eigenvalue weighted by Crippen LogP contribution is 2.34. The van der Waals surface area contributed by atoms with Crippen molar-refractivity contribution in [1.82, 2.24) is 9.97 Å². The predicted octanol–water partition coefficient (Wildman–Crippen LogP) is 9.11. The van der Waals surface area contributed by atoms with E-state index in [4.69, 9.17) is 16.3 Å². The van der Waals surface area contributed by atoms with Gasteiger partial charge in [0.1, 0.15) is 5.75 Å². The van der Waals surface area contributed by atoms with Gasteiger partial charge in [0.25, 0.3) is 6.01 Å². The molecular weight excluding hydrogens is 468 g/mol. The number of fused-ring (bicyclic) bond motifs is 1. The smallest absolute Gasteiger partial charge is 0.300 e. The summed E-state index contributed by atoms with van der Waals surface area (Å²) in [6.45, 7) is 7.80. The molecule has 0 aliphatic rings. The van der Waals surface area contributed by atoms with Gasteiger partial charge in [-0.15, -0.1) is 0 Å². The van der Waals surface area contributed by atoms with Crippen LogP contribution in [0.5, 0.6) is 11.8 Å². The van der Waals surface area contributed by atoms with Crippen LogP contribution in [0.3, 0.4) is 0 Å². The standard InChI is InChI=1S/C31H29ClN2O2/c1-5-8-9-10-21(6-2)22-12-14-23(15-13-22)26-18-28-29(19-27(26)32)34-31(33-28)36-24-16-11-20(4)25(17-24)30(35)7-3/h5-6,8-19H,7H2,1-4H3,(H,33,34). The summed E-state index contributed by atoms with van der Waals surface area (Å²) in [7, 11) is 0. The number of hydrogen-bond acceptors (Lipinski definition) is 3. The molecule has 1 heterocycles. The van der Waals surface area contributed by atoms with E-state index >= 15 is 0 Å². The fourth-order valence-electron chi connectivity index (χ4n) is 4.02. The lowest BCUT2D eigenvalue weighted by atomic mass is 9.99. The number of benzene rings is 3. The number of halogens is 1. The lowest BCUT2D eigenvalue weighted by Gasteiger charge is -2.07. The van der Waals surface area contributed by atoms with Crippen LogP contribution in [-0.4, -0.2) is 15.8 Å². The molecule has 0 atom stereocenters. The van der Waals surface area contributed by atoms with Gasteiger partial charge < -0.3 is 9.72 Å². The molecule has 4 nitrogen and oxygen atoms in total. The van der Waals surface area contributed by atoms with Gasteiger partial charge in [0.2, 0.25) is 0 Å². The van der Waals surface area contributed by atoms with Crippen LogP contribution in [0.25, 0.3) is 27.7 Å². The van der Waals surface area contributed by atoms with E-state index in [-0.39, 0.29) is 5.78 Å². The number of hydrogen-bond donors (Lipinski definition) is 1. The van der Waals surface area contributed by atoms with Gasteiger partial charge in [-0.3, -0.25) is 4.79 Å². The first-order valence-corrected chi connectivity index (χ1v) is 12.4. The number of rotatable bonds is 8.